The zero-order valence-electron chi connectivity index (χ0n) is 15.7. The number of aryl methyl sites for hydroxylation is 1. The molecule has 0 unspecified atom stereocenters. The zero-order chi connectivity index (χ0) is 17.4. The smallest absolute Gasteiger partial charge is 0.191 e. The van der Waals surface area contributed by atoms with E-state index in [2.05, 4.69) is 58.4 Å². The molecule has 0 amide bonds. The molecule has 7 heteroatoms. The van der Waals surface area contributed by atoms with Crippen molar-refractivity contribution in [1.29, 1.82) is 0 Å². The summed E-state index contributed by atoms with van der Waals surface area (Å²) in [6, 6.07) is 1.15. The standard InChI is InChI=1S/C16H33N7/c1-12(2)23(13(3)4)10-8-9-18-16(17-6)19-11-15-21-20-14(5)22(15)7/h12-13H,8-11H2,1-7H3,(H2,17,18,19). The van der Waals surface area contributed by atoms with Crippen LogP contribution < -0.4 is 10.6 Å². The third-order valence-corrected chi connectivity index (χ3v) is 4.03. The molecule has 1 rings (SSSR count). The third-order valence-electron chi connectivity index (χ3n) is 4.03. The Labute approximate surface area is 140 Å². The highest BCUT2D eigenvalue weighted by Crippen LogP contribution is 2.05. The van der Waals surface area contributed by atoms with Crippen LogP contribution in [0.3, 0.4) is 0 Å². The van der Waals surface area contributed by atoms with E-state index in [1.54, 1.807) is 7.05 Å². The van der Waals surface area contributed by atoms with Crippen molar-refractivity contribution in [1.82, 2.24) is 30.3 Å². The van der Waals surface area contributed by atoms with Crippen molar-refractivity contribution >= 4 is 5.96 Å². The Morgan fingerprint density at radius 3 is 2.30 bits per heavy atom. The molecular formula is C16H33N7. The number of nitrogens with zero attached hydrogens (tertiary/aromatic N) is 5. The molecule has 0 aliphatic heterocycles. The Hall–Kier alpha value is -1.63. The highest BCUT2D eigenvalue weighted by Gasteiger charge is 2.12. The number of hydrogen-bond acceptors (Lipinski definition) is 4. The minimum Gasteiger partial charge on any atom is -0.356 e. The lowest BCUT2D eigenvalue weighted by Gasteiger charge is -2.30. The van der Waals surface area contributed by atoms with E-state index in [1.165, 1.54) is 0 Å². The van der Waals surface area contributed by atoms with Crippen LogP contribution in [0.5, 0.6) is 0 Å². The maximum Gasteiger partial charge on any atom is 0.191 e. The van der Waals surface area contributed by atoms with E-state index in [-0.39, 0.29) is 0 Å². The van der Waals surface area contributed by atoms with Gasteiger partial charge in [-0.2, -0.15) is 0 Å². The Morgan fingerprint density at radius 2 is 1.83 bits per heavy atom. The number of hydrogen-bond donors (Lipinski definition) is 2. The summed E-state index contributed by atoms with van der Waals surface area (Å²) in [5.74, 6) is 2.61. The SMILES string of the molecule is CN=C(NCCCN(C(C)C)C(C)C)NCc1nnc(C)n1C. The fourth-order valence-corrected chi connectivity index (χ4v) is 2.57. The summed E-state index contributed by atoms with van der Waals surface area (Å²) in [4.78, 5) is 6.75. The topological polar surface area (TPSA) is 70.4 Å². The molecule has 1 heterocycles. The zero-order valence-corrected chi connectivity index (χ0v) is 15.7. The predicted octanol–water partition coefficient (Wildman–Crippen LogP) is 1.30. The number of aliphatic imine (C=N–C) groups is 1. The average Bonchev–Trinajstić information content (AvgIpc) is 2.81. The summed E-state index contributed by atoms with van der Waals surface area (Å²) < 4.78 is 1.98. The lowest BCUT2D eigenvalue weighted by atomic mass is 10.2. The summed E-state index contributed by atoms with van der Waals surface area (Å²) in [6.07, 6.45) is 1.08. The van der Waals surface area contributed by atoms with Crippen LogP contribution in [0.1, 0.15) is 45.8 Å². The molecule has 0 aliphatic rings. The first-order chi connectivity index (χ1) is 10.9. The van der Waals surface area contributed by atoms with Crippen molar-refractivity contribution in [3.05, 3.63) is 11.6 Å². The lowest BCUT2D eigenvalue weighted by Crippen LogP contribution is -2.41. The first kappa shape index (κ1) is 19.4. The van der Waals surface area contributed by atoms with E-state index in [0.717, 1.165) is 37.1 Å². The fraction of sp³-hybridized carbons (Fsp3) is 0.812. The first-order valence-electron chi connectivity index (χ1n) is 8.42. The number of nitrogens with one attached hydrogen (secondary N) is 2. The van der Waals surface area contributed by atoms with E-state index in [1.807, 2.05) is 18.5 Å². The fourth-order valence-electron chi connectivity index (χ4n) is 2.57. The van der Waals surface area contributed by atoms with Gasteiger partial charge in [0.2, 0.25) is 0 Å². The summed E-state index contributed by atoms with van der Waals surface area (Å²) in [5.41, 5.74) is 0. The maximum atomic E-state index is 4.25. The molecule has 1 aromatic heterocycles. The molecule has 2 N–H and O–H groups in total. The van der Waals surface area contributed by atoms with E-state index in [0.29, 0.717) is 18.6 Å². The van der Waals surface area contributed by atoms with Gasteiger partial charge in [-0.05, 0) is 41.0 Å². The molecule has 0 spiro atoms. The van der Waals surface area contributed by atoms with Crippen molar-refractivity contribution in [2.45, 2.75) is 59.7 Å². The summed E-state index contributed by atoms with van der Waals surface area (Å²) in [6.45, 7) is 13.5. The van der Waals surface area contributed by atoms with Crippen LogP contribution >= 0.6 is 0 Å². The molecule has 7 nitrogen and oxygen atoms in total. The molecule has 1 aromatic rings. The van der Waals surface area contributed by atoms with Gasteiger partial charge in [0.1, 0.15) is 5.82 Å². The Bertz CT molecular complexity index is 483. The summed E-state index contributed by atoms with van der Waals surface area (Å²) in [7, 11) is 3.75. The van der Waals surface area contributed by atoms with Crippen molar-refractivity contribution in [3.63, 3.8) is 0 Å². The lowest BCUT2D eigenvalue weighted by molar-refractivity contribution is 0.173. The first-order valence-corrected chi connectivity index (χ1v) is 8.42. The predicted molar refractivity (Wildman–Crippen MR) is 95.5 cm³/mol. The van der Waals surface area contributed by atoms with Crippen molar-refractivity contribution in [2.24, 2.45) is 12.0 Å². The molecular weight excluding hydrogens is 290 g/mol. The molecule has 23 heavy (non-hydrogen) atoms. The largest absolute Gasteiger partial charge is 0.356 e. The van der Waals surface area contributed by atoms with Crippen molar-refractivity contribution in [3.8, 4) is 0 Å². The monoisotopic (exact) mass is 323 g/mol. The van der Waals surface area contributed by atoms with Gasteiger partial charge in [-0.25, -0.2) is 0 Å². The van der Waals surface area contributed by atoms with Crippen molar-refractivity contribution in [2.75, 3.05) is 20.1 Å². The van der Waals surface area contributed by atoms with Crippen LogP contribution in [-0.4, -0.2) is 57.8 Å². The minimum absolute atomic E-state index is 0.576. The summed E-state index contributed by atoms with van der Waals surface area (Å²) >= 11 is 0. The molecule has 0 saturated heterocycles. The van der Waals surface area contributed by atoms with Gasteiger partial charge >= 0.3 is 0 Å². The quantitative estimate of drug-likeness (QED) is 0.429. The van der Waals surface area contributed by atoms with Gasteiger partial charge in [0.15, 0.2) is 11.8 Å². The number of aromatic nitrogens is 3. The second-order valence-corrected chi connectivity index (χ2v) is 6.35. The maximum absolute atomic E-state index is 4.25. The van der Waals surface area contributed by atoms with E-state index >= 15 is 0 Å². The van der Waals surface area contributed by atoms with Gasteiger partial charge in [0.25, 0.3) is 0 Å². The van der Waals surface area contributed by atoms with Crippen LogP contribution in [-0.2, 0) is 13.6 Å². The molecule has 0 aliphatic carbocycles. The third kappa shape index (κ3) is 6.17. The van der Waals surface area contributed by atoms with Crippen LogP contribution in [0, 0.1) is 6.92 Å². The second-order valence-electron chi connectivity index (χ2n) is 6.35. The van der Waals surface area contributed by atoms with E-state index in [4.69, 9.17) is 0 Å². The highest BCUT2D eigenvalue weighted by atomic mass is 15.3. The van der Waals surface area contributed by atoms with Gasteiger partial charge in [-0.3, -0.25) is 9.89 Å². The molecule has 0 aromatic carbocycles. The second kappa shape index (κ2) is 9.50. The molecule has 0 saturated carbocycles. The van der Waals surface area contributed by atoms with Crippen molar-refractivity contribution < 1.29 is 0 Å². The van der Waals surface area contributed by atoms with Crippen LogP contribution in [0.2, 0.25) is 0 Å². The van der Waals surface area contributed by atoms with Gasteiger partial charge in [0, 0.05) is 39.3 Å². The Kier molecular flexibility index (Phi) is 8.02. The number of guanidine groups is 1. The van der Waals surface area contributed by atoms with Gasteiger partial charge in [0.05, 0.1) is 6.54 Å². The van der Waals surface area contributed by atoms with Crippen LogP contribution in [0.4, 0.5) is 0 Å². The normalized spacial score (nSPS) is 12.5. The highest BCUT2D eigenvalue weighted by molar-refractivity contribution is 5.79. The Balaban J connectivity index is 2.33. The van der Waals surface area contributed by atoms with Crippen LogP contribution in [0.25, 0.3) is 0 Å². The Morgan fingerprint density at radius 1 is 1.17 bits per heavy atom. The van der Waals surface area contributed by atoms with Gasteiger partial charge in [-0.1, -0.05) is 0 Å². The molecule has 0 bridgehead atoms. The molecule has 0 atom stereocenters. The minimum atomic E-state index is 0.576. The number of rotatable bonds is 8. The van der Waals surface area contributed by atoms with E-state index in [9.17, 15) is 0 Å². The summed E-state index contributed by atoms with van der Waals surface area (Å²) in [5, 5.41) is 14.8. The van der Waals surface area contributed by atoms with E-state index < -0.39 is 0 Å². The van der Waals surface area contributed by atoms with Gasteiger partial charge in [-0.15, -0.1) is 10.2 Å². The molecule has 0 radical (unpaired) electrons. The van der Waals surface area contributed by atoms with Gasteiger partial charge < -0.3 is 15.2 Å². The van der Waals surface area contributed by atoms with Crippen LogP contribution in [0.15, 0.2) is 4.99 Å². The molecule has 132 valence electrons. The average molecular weight is 323 g/mol. The molecule has 0 fully saturated rings.